The van der Waals surface area contributed by atoms with Crippen LogP contribution in [0.3, 0.4) is 0 Å². The van der Waals surface area contributed by atoms with Crippen molar-refractivity contribution in [2.24, 2.45) is 0 Å². The van der Waals surface area contributed by atoms with Crippen LogP contribution in [0.4, 0.5) is 5.69 Å². The van der Waals surface area contributed by atoms with E-state index in [1.165, 1.54) is 0 Å². The molecule has 156 valence electrons. The molecule has 0 spiro atoms. The Bertz CT molecular complexity index is 1560. The Hall–Kier alpha value is -4.52. The SMILES string of the molecule is C=C(/C=c1/c(-c2nc3c(-c4ccccn4)cccc3[nH]2)n[nH]/c1=C/C)c1cncc(N)c1. The summed E-state index contributed by atoms with van der Waals surface area (Å²) in [5.74, 6) is 0.664. The minimum atomic E-state index is 0.589. The van der Waals surface area contributed by atoms with Crippen LogP contribution in [-0.2, 0) is 0 Å². The molecule has 1 aromatic carbocycles. The Kier molecular flexibility index (Phi) is 4.84. The molecule has 4 aromatic heterocycles. The van der Waals surface area contributed by atoms with E-state index in [2.05, 4.69) is 31.7 Å². The number of anilines is 1. The molecular formula is C25H21N7. The van der Waals surface area contributed by atoms with Gasteiger partial charge in [-0.2, -0.15) is 5.10 Å². The zero-order valence-corrected chi connectivity index (χ0v) is 17.5. The number of fused-ring (bicyclic) bond motifs is 1. The van der Waals surface area contributed by atoms with E-state index in [0.29, 0.717) is 17.2 Å². The first kappa shape index (κ1) is 19.4. The molecule has 4 heterocycles. The van der Waals surface area contributed by atoms with Gasteiger partial charge in [0.05, 0.1) is 27.8 Å². The van der Waals surface area contributed by atoms with Crippen LogP contribution in [-0.4, -0.2) is 30.1 Å². The van der Waals surface area contributed by atoms with Crippen molar-refractivity contribution in [1.29, 1.82) is 0 Å². The Morgan fingerprint density at radius 2 is 2.03 bits per heavy atom. The Balaban J connectivity index is 1.67. The van der Waals surface area contributed by atoms with Crippen molar-refractivity contribution in [3.8, 4) is 22.8 Å². The average molecular weight is 419 g/mol. The van der Waals surface area contributed by atoms with Gasteiger partial charge in [0.15, 0.2) is 5.82 Å². The lowest BCUT2D eigenvalue weighted by atomic mass is 10.1. The Morgan fingerprint density at radius 1 is 1.12 bits per heavy atom. The molecule has 0 saturated heterocycles. The van der Waals surface area contributed by atoms with Crippen LogP contribution < -0.4 is 16.3 Å². The number of aromatic amines is 2. The number of aromatic nitrogens is 6. The highest BCUT2D eigenvalue weighted by atomic mass is 15.1. The second-order valence-corrected chi connectivity index (χ2v) is 7.37. The Morgan fingerprint density at radius 3 is 2.81 bits per heavy atom. The third-order valence-corrected chi connectivity index (χ3v) is 5.25. The summed E-state index contributed by atoms with van der Waals surface area (Å²) in [4.78, 5) is 16.9. The van der Waals surface area contributed by atoms with Crippen LogP contribution in [0.25, 0.3) is 51.5 Å². The summed E-state index contributed by atoms with van der Waals surface area (Å²) in [6, 6.07) is 13.7. The third kappa shape index (κ3) is 3.45. The van der Waals surface area contributed by atoms with Crippen molar-refractivity contribution in [3.63, 3.8) is 0 Å². The topological polar surface area (TPSA) is 109 Å². The van der Waals surface area contributed by atoms with Gasteiger partial charge in [-0.1, -0.05) is 30.9 Å². The number of nitrogens with one attached hydrogen (secondary N) is 2. The van der Waals surface area contributed by atoms with Gasteiger partial charge in [-0.05, 0) is 42.8 Å². The van der Waals surface area contributed by atoms with Gasteiger partial charge < -0.3 is 10.7 Å². The molecular weight excluding hydrogens is 398 g/mol. The van der Waals surface area contributed by atoms with Crippen molar-refractivity contribution >= 4 is 34.4 Å². The van der Waals surface area contributed by atoms with E-state index in [1.54, 1.807) is 18.6 Å². The van der Waals surface area contributed by atoms with E-state index in [0.717, 1.165) is 44.0 Å². The number of nitrogen functional groups attached to an aromatic ring is 1. The molecule has 32 heavy (non-hydrogen) atoms. The van der Waals surface area contributed by atoms with Crippen LogP contribution in [0.1, 0.15) is 12.5 Å². The summed E-state index contributed by atoms with van der Waals surface area (Å²) in [6.45, 7) is 6.16. The van der Waals surface area contributed by atoms with Crippen LogP contribution >= 0.6 is 0 Å². The van der Waals surface area contributed by atoms with Crippen molar-refractivity contribution in [3.05, 3.63) is 83.8 Å². The lowest BCUT2D eigenvalue weighted by Gasteiger charge is -2.01. The van der Waals surface area contributed by atoms with Crippen LogP contribution in [0, 0.1) is 0 Å². The van der Waals surface area contributed by atoms with Crippen LogP contribution in [0.5, 0.6) is 0 Å². The number of benzene rings is 1. The maximum Gasteiger partial charge on any atom is 0.159 e. The lowest BCUT2D eigenvalue weighted by Crippen LogP contribution is -2.23. The number of para-hydroxylation sites is 1. The minimum Gasteiger partial charge on any atom is -0.397 e. The number of rotatable bonds is 4. The molecule has 0 radical (unpaired) electrons. The minimum absolute atomic E-state index is 0.589. The first-order chi connectivity index (χ1) is 15.6. The standard InChI is InChI=1S/C25H21N7/c1-3-20-19(11-15(2)16-12-17(26)14-27-13-16)24(32-31-20)25-29-22-9-6-7-18(23(22)30-25)21-8-4-5-10-28-21/h3-14,31H,2,26H2,1H3,(H,29,30)/b19-11+,20-3+. The fraction of sp³-hybridized carbons (Fsp3) is 0.0400. The monoisotopic (exact) mass is 419 g/mol. The summed E-state index contributed by atoms with van der Waals surface area (Å²) in [7, 11) is 0. The van der Waals surface area contributed by atoms with Crippen LogP contribution in [0.15, 0.2) is 67.6 Å². The van der Waals surface area contributed by atoms with Crippen LogP contribution in [0.2, 0.25) is 0 Å². The zero-order valence-electron chi connectivity index (χ0n) is 17.5. The smallest absolute Gasteiger partial charge is 0.159 e. The molecule has 7 nitrogen and oxygen atoms in total. The average Bonchev–Trinajstić information content (AvgIpc) is 3.43. The van der Waals surface area contributed by atoms with Gasteiger partial charge in [-0.25, -0.2) is 4.98 Å². The van der Waals surface area contributed by atoms with Gasteiger partial charge in [0.25, 0.3) is 0 Å². The molecule has 0 saturated carbocycles. The van der Waals surface area contributed by atoms with Gasteiger partial charge >= 0.3 is 0 Å². The van der Waals surface area contributed by atoms with E-state index in [9.17, 15) is 0 Å². The highest BCUT2D eigenvalue weighted by molar-refractivity contribution is 5.93. The van der Waals surface area contributed by atoms with Gasteiger partial charge in [-0.15, -0.1) is 0 Å². The number of allylic oxidation sites excluding steroid dienone is 1. The zero-order chi connectivity index (χ0) is 22.1. The predicted molar refractivity (Wildman–Crippen MR) is 128 cm³/mol. The maximum absolute atomic E-state index is 5.89. The molecule has 0 atom stereocenters. The number of imidazole rings is 1. The van der Waals surface area contributed by atoms with E-state index < -0.39 is 0 Å². The predicted octanol–water partition coefficient (Wildman–Crippen LogP) is 3.29. The number of nitrogens with two attached hydrogens (primary N) is 1. The molecule has 5 rings (SSSR count). The van der Waals surface area contributed by atoms with E-state index in [1.807, 2.05) is 61.5 Å². The molecule has 0 unspecified atom stereocenters. The first-order valence-electron chi connectivity index (χ1n) is 10.2. The third-order valence-electron chi connectivity index (χ3n) is 5.25. The van der Waals surface area contributed by atoms with Gasteiger partial charge in [0.1, 0.15) is 5.69 Å². The maximum atomic E-state index is 5.89. The quantitative estimate of drug-likeness (QED) is 0.414. The highest BCUT2D eigenvalue weighted by Crippen LogP contribution is 2.27. The summed E-state index contributed by atoms with van der Waals surface area (Å²) in [6.07, 6.45) is 9.07. The molecule has 0 fully saturated rings. The second kappa shape index (κ2) is 7.96. The first-order valence-corrected chi connectivity index (χ1v) is 10.2. The van der Waals surface area contributed by atoms with Gasteiger partial charge in [-0.3, -0.25) is 15.1 Å². The molecule has 0 aliphatic rings. The van der Waals surface area contributed by atoms with Crippen molar-refractivity contribution in [2.45, 2.75) is 6.92 Å². The molecule has 7 heteroatoms. The summed E-state index contributed by atoms with van der Waals surface area (Å²) in [5, 5.41) is 9.40. The lowest BCUT2D eigenvalue weighted by molar-refractivity contribution is 1.05. The summed E-state index contributed by atoms with van der Waals surface area (Å²) in [5.41, 5.74) is 12.4. The van der Waals surface area contributed by atoms with E-state index in [-0.39, 0.29) is 0 Å². The number of hydrogen-bond acceptors (Lipinski definition) is 5. The van der Waals surface area contributed by atoms with Crippen molar-refractivity contribution in [2.75, 3.05) is 5.73 Å². The van der Waals surface area contributed by atoms with Crippen molar-refractivity contribution < 1.29 is 0 Å². The number of nitrogens with zero attached hydrogens (tertiary/aromatic N) is 4. The number of H-pyrrole nitrogens is 2. The van der Waals surface area contributed by atoms with Gasteiger partial charge in [0.2, 0.25) is 0 Å². The normalized spacial score (nSPS) is 12.5. The van der Waals surface area contributed by atoms with Gasteiger partial charge in [0, 0.05) is 34.9 Å². The molecule has 0 aliphatic carbocycles. The Labute approximate surface area is 184 Å². The van der Waals surface area contributed by atoms with E-state index >= 15 is 0 Å². The largest absolute Gasteiger partial charge is 0.397 e. The molecule has 0 aliphatic heterocycles. The second-order valence-electron chi connectivity index (χ2n) is 7.37. The summed E-state index contributed by atoms with van der Waals surface area (Å²) < 4.78 is 0. The molecule has 0 amide bonds. The van der Waals surface area contributed by atoms with E-state index in [4.69, 9.17) is 10.7 Å². The number of pyridine rings is 2. The molecule has 4 N–H and O–H groups in total. The number of hydrogen-bond donors (Lipinski definition) is 3. The molecule has 0 bridgehead atoms. The molecule has 5 aromatic rings. The fourth-order valence-corrected chi connectivity index (χ4v) is 3.67. The fourth-order valence-electron chi connectivity index (χ4n) is 3.67. The van der Waals surface area contributed by atoms with Crippen molar-refractivity contribution in [1.82, 2.24) is 30.1 Å². The highest BCUT2D eigenvalue weighted by Gasteiger charge is 2.14. The summed E-state index contributed by atoms with van der Waals surface area (Å²) >= 11 is 0.